The van der Waals surface area contributed by atoms with Crippen LogP contribution in [0.3, 0.4) is 0 Å². The second kappa shape index (κ2) is 9.80. The lowest BCUT2D eigenvalue weighted by molar-refractivity contribution is -0.0248. The van der Waals surface area contributed by atoms with Gasteiger partial charge in [-0.1, -0.05) is 59.8 Å². The highest BCUT2D eigenvalue weighted by atomic mass is 16.3. The molecule has 0 amide bonds. The number of hydrogen-bond acceptors (Lipinski definition) is 2. The van der Waals surface area contributed by atoms with Gasteiger partial charge in [-0.2, -0.15) is 0 Å². The van der Waals surface area contributed by atoms with Crippen molar-refractivity contribution in [3.05, 3.63) is 0 Å². The molecule has 0 saturated heterocycles. The van der Waals surface area contributed by atoms with Crippen molar-refractivity contribution in [2.45, 2.75) is 91.2 Å². The maximum absolute atomic E-state index is 10.5. The van der Waals surface area contributed by atoms with Crippen molar-refractivity contribution in [3.63, 3.8) is 0 Å². The second-order valence-corrected chi connectivity index (χ2v) is 5.60. The summed E-state index contributed by atoms with van der Waals surface area (Å²) in [5.74, 6) is 0. The van der Waals surface area contributed by atoms with Crippen LogP contribution in [-0.2, 0) is 0 Å². The van der Waals surface area contributed by atoms with Crippen LogP contribution in [0.2, 0.25) is 0 Å². The predicted octanol–water partition coefficient (Wildman–Crippen LogP) is 4.22. The first-order valence-corrected chi connectivity index (χ1v) is 7.99. The summed E-state index contributed by atoms with van der Waals surface area (Å²) >= 11 is 0. The van der Waals surface area contributed by atoms with Gasteiger partial charge in [0.2, 0.25) is 0 Å². The summed E-state index contributed by atoms with van der Waals surface area (Å²) in [4.78, 5) is 2.41. The van der Waals surface area contributed by atoms with Gasteiger partial charge in [-0.05, 0) is 32.9 Å². The average molecular weight is 257 g/mol. The molecule has 0 radical (unpaired) electrons. The zero-order valence-corrected chi connectivity index (χ0v) is 13.3. The normalized spacial score (nSPS) is 16.8. The van der Waals surface area contributed by atoms with Crippen LogP contribution in [0.4, 0.5) is 0 Å². The van der Waals surface area contributed by atoms with Crippen molar-refractivity contribution in [1.29, 1.82) is 0 Å². The molecule has 0 aromatic rings. The minimum absolute atomic E-state index is 0.0474. The number of aliphatic hydroxyl groups excluding tert-OH is 1. The number of unbranched alkanes of at least 4 members (excludes halogenated alkanes) is 4. The molecule has 18 heavy (non-hydrogen) atoms. The summed E-state index contributed by atoms with van der Waals surface area (Å²) in [7, 11) is 0. The zero-order chi connectivity index (χ0) is 14.0. The minimum Gasteiger partial charge on any atom is -0.391 e. The third-order valence-corrected chi connectivity index (χ3v) is 4.50. The lowest BCUT2D eigenvalue weighted by Crippen LogP contribution is -2.54. The van der Waals surface area contributed by atoms with Gasteiger partial charge in [-0.25, -0.2) is 0 Å². The number of aliphatic hydroxyl groups is 1. The number of nitrogens with zero attached hydrogens (tertiary/aromatic N) is 1. The Labute approximate surface area is 115 Å². The van der Waals surface area contributed by atoms with Crippen LogP contribution in [0.5, 0.6) is 0 Å². The van der Waals surface area contributed by atoms with Crippen LogP contribution in [0, 0.1) is 0 Å². The SMILES string of the molecule is CCCCCCCC(O)C(C)(CC)N(CC)CC. The Morgan fingerprint density at radius 1 is 0.944 bits per heavy atom. The second-order valence-electron chi connectivity index (χ2n) is 5.60. The van der Waals surface area contributed by atoms with E-state index in [0.717, 1.165) is 32.4 Å². The van der Waals surface area contributed by atoms with E-state index in [1.165, 1.54) is 25.7 Å². The third kappa shape index (κ3) is 5.27. The summed E-state index contributed by atoms with van der Waals surface area (Å²) in [6, 6.07) is 0. The Balaban J connectivity index is 4.20. The highest BCUT2D eigenvalue weighted by molar-refractivity contribution is 4.91. The van der Waals surface area contributed by atoms with E-state index in [4.69, 9.17) is 0 Å². The fraction of sp³-hybridized carbons (Fsp3) is 1.00. The highest BCUT2D eigenvalue weighted by Gasteiger charge is 2.35. The van der Waals surface area contributed by atoms with E-state index < -0.39 is 0 Å². The van der Waals surface area contributed by atoms with Gasteiger partial charge >= 0.3 is 0 Å². The quantitative estimate of drug-likeness (QED) is 0.560. The zero-order valence-electron chi connectivity index (χ0n) is 13.3. The maximum atomic E-state index is 10.5. The monoisotopic (exact) mass is 257 g/mol. The fourth-order valence-electron chi connectivity index (χ4n) is 2.87. The van der Waals surface area contributed by atoms with E-state index in [2.05, 4.69) is 39.5 Å². The van der Waals surface area contributed by atoms with Crippen molar-refractivity contribution < 1.29 is 5.11 Å². The summed E-state index contributed by atoms with van der Waals surface area (Å²) in [6.45, 7) is 13.1. The van der Waals surface area contributed by atoms with E-state index in [1.54, 1.807) is 0 Å². The molecule has 0 bridgehead atoms. The average Bonchev–Trinajstić information content (AvgIpc) is 2.39. The fourth-order valence-corrected chi connectivity index (χ4v) is 2.87. The van der Waals surface area contributed by atoms with Gasteiger partial charge in [-0.3, -0.25) is 4.90 Å². The Hall–Kier alpha value is -0.0800. The van der Waals surface area contributed by atoms with Gasteiger partial charge in [0.1, 0.15) is 0 Å². The van der Waals surface area contributed by atoms with Crippen LogP contribution >= 0.6 is 0 Å². The van der Waals surface area contributed by atoms with Crippen molar-refractivity contribution in [1.82, 2.24) is 4.90 Å². The van der Waals surface area contributed by atoms with E-state index >= 15 is 0 Å². The van der Waals surface area contributed by atoms with E-state index in [9.17, 15) is 5.11 Å². The number of hydrogen-bond donors (Lipinski definition) is 1. The van der Waals surface area contributed by atoms with Crippen LogP contribution < -0.4 is 0 Å². The topological polar surface area (TPSA) is 23.5 Å². The van der Waals surface area contributed by atoms with Crippen molar-refractivity contribution in [2.75, 3.05) is 13.1 Å². The van der Waals surface area contributed by atoms with E-state index in [-0.39, 0.29) is 11.6 Å². The van der Waals surface area contributed by atoms with Crippen LogP contribution in [0.15, 0.2) is 0 Å². The molecule has 2 unspecified atom stereocenters. The Morgan fingerprint density at radius 3 is 1.94 bits per heavy atom. The van der Waals surface area contributed by atoms with Crippen molar-refractivity contribution in [2.24, 2.45) is 0 Å². The molecule has 1 N–H and O–H groups in total. The van der Waals surface area contributed by atoms with Crippen LogP contribution in [0.25, 0.3) is 0 Å². The first-order chi connectivity index (χ1) is 8.56. The van der Waals surface area contributed by atoms with Gasteiger partial charge in [0.25, 0.3) is 0 Å². The first-order valence-electron chi connectivity index (χ1n) is 7.99. The molecule has 110 valence electrons. The standard InChI is InChI=1S/C16H35NO/c1-6-10-11-12-13-14-15(18)16(5,7-2)17(8-3)9-4/h15,18H,6-14H2,1-5H3. The summed E-state index contributed by atoms with van der Waals surface area (Å²) < 4.78 is 0. The molecule has 2 atom stereocenters. The lowest BCUT2D eigenvalue weighted by atomic mass is 9.86. The molecule has 0 aliphatic carbocycles. The molecule has 0 aromatic carbocycles. The molecule has 2 heteroatoms. The molecule has 0 aliphatic rings. The van der Waals surface area contributed by atoms with Crippen LogP contribution in [0.1, 0.15) is 79.6 Å². The summed E-state index contributed by atoms with van der Waals surface area (Å²) in [5, 5.41) is 10.5. The predicted molar refractivity (Wildman–Crippen MR) is 81.0 cm³/mol. The van der Waals surface area contributed by atoms with E-state index in [1.807, 2.05) is 0 Å². The largest absolute Gasteiger partial charge is 0.391 e. The highest BCUT2D eigenvalue weighted by Crippen LogP contribution is 2.26. The molecule has 0 aliphatic heterocycles. The van der Waals surface area contributed by atoms with Gasteiger partial charge in [-0.15, -0.1) is 0 Å². The van der Waals surface area contributed by atoms with Crippen molar-refractivity contribution in [3.8, 4) is 0 Å². The smallest absolute Gasteiger partial charge is 0.0721 e. The van der Waals surface area contributed by atoms with Gasteiger partial charge in [0, 0.05) is 5.54 Å². The Morgan fingerprint density at radius 2 is 1.50 bits per heavy atom. The third-order valence-electron chi connectivity index (χ3n) is 4.50. The summed E-state index contributed by atoms with van der Waals surface area (Å²) in [6.07, 6.45) is 8.14. The van der Waals surface area contributed by atoms with E-state index in [0.29, 0.717) is 0 Å². The molecule has 0 aromatic heterocycles. The minimum atomic E-state index is -0.191. The number of likely N-dealkylation sites (N-methyl/N-ethyl adjacent to an activating group) is 1. The maximum Gasteiger partial charge on any atom is 0.0721 e. The molecule has 0 spiro atoms. The molecule has 0 heterocycles. The Bertz CT molecular complexity index is 192. The van der Waals surface area contributed by atoms with Crippen molar-refractivity contribution >= 4 is 0 Å². The Kier molecular flexibility index (Phi) is 9.76. The van der Waals surface area contributed by atoms with Gasteiger partial charge < -0.3 is 5.11 Å². The molecule has 0 rings (SSSR count). The molecule has 2 nitrogen and oxygen atoms in total. The van der Waals surface area contributed by atoms with Gasteiger partial charge in [0.15, 0.2) is 0 Å². The molecular formula is C16H35NO. The number of rotatable bonds is 11. The lowest BCUT2D eigenvalue weighted by Gasteiger charge is -2.43. The molecule has 0 saturated carbocycles. The molecule has 0 fully saturated rings. The van der Waals surface area contributed by atoms with Gasteiger partial charge in [0.05, 0.1) is 6.10 Å². The molecular weight excluding hydrogens is 222 g/mol. The van der Waals surface area contributed by atoms with Crippen LogP contribution in [-0.4, -0.2) is 34.7 Å². The summed E-state index contributed by atoms with van der Waals surface area (Å²) in [5.41, 5.74) is -0.0474. The first kappa shape index (κ1) is 17.9.